The zero-order chi connectivity index (χ0) is 13.9. The fourth-order valence-corrected chi connectivity index (χ4v) is 1.22. The van der Waals surface area contributed by atoms with Gasteiger partial charge in [-0.15, -0.1) is 0 Å². The van der Waals surface area contributed by atoms with Gasteiger partial charge in [0.2, 0.25) is 11.7 Å². The molecule has 0 aromatic rings. The quantitative estimate of drug-likeness (QED) is 0.419. The minimum atomic E-state index is -1.47. The maximum absolute atomic E-state index is 11.8. The molecule has 6 heteroatoms. The molecule has 1 fully saturated rings. The van der Waals surface area contributed by atoms with Gasteiger partial charge in [-0.05, 0) is 20.8 Å². The van der Waals surface area contributed by atoms with Gasteiger partial charge in [0.25, 0.3) is 0 Å². The molecular weight excluding hydrogens is 240 g/mol. The Labute approximate surface area is 105 Å². The lowest BCUT2D eigenvalue weighted by molar-refractivity contribution is -0.182. The Morgan fingerprint density at radius 3 is 2.50 bits per heavy atom. The monoisotopic (exact) mass is 256 g/mol. The van der Waals surface area contributed by atoms with Crippen molar-refractivity contribution in [2.45, 2.75) is 38.9 Å². The summed E-state index contributed by atoms with van der Waals surface area (Å²) in [5.41, 5.74) is -1.30. The van der Waals surface area contributed by atoms with E-state index in [1.165, 1.54) is 20.8 Å². The standard InChI is InChI=1S/C12H16O6/c1-7(2)9(13)18-12(3,4)11(15)17-8-5-6-16-10(8)14/h8H,1,5-6H2,2-4H3. The normalized spacial score (nSPS) is 19.1. The van der Waals surface area contributed by atoms with Gasteiger partial charge in [-0.25, -0.2) is 14.4 Å². The highest BCUT2D eigenvalue weighted by Gasteiger charge is 2.39. The SMILES string of the molecule is C=C(C)C(=O)OC(C)(C)C(=O)OC1CCOC1=O. The topological polar surface area (TPSA) is 78.9 Å². The van der Waals surface area contributed by atoms with Gasteiger partial charge in [-0.3, -0.25) is 0 Å². The highest BCUT2D eigenvalue weighted by molar-refractivity contribution is 5.91. The van der Waals surface area contributed by atoms with Crippen LogP contribution in [0.15, 0.2) is 12.2 Å². The summed E-state index contributed by atoms with van der Waals surface area (Å²) in [7, 11) is 0. The summed E-state index contributed by atoms with van der Waals surface area (Å²) >= 11 is 0. The Kier molecular flexibility index (Phi) is 4.11. The van der Waals surface area contributed by atoms with E-state index < -0.39 is 29.6 Å². The lowest BCUT2D eigenvalue weighted by Gasteiger charge is -2.24. The Morgan fingerprint density at radius 1 is 1.44 bits per heavy atom. The van der Waals surface area contributed by atoms with Crippen molar-refractivity contribution < 1.29 is 28.6 Å². The van der Waals surface area contributed by atoms with Crippen molar-refractivity contribution in [2.75, 3.05) is 6.61 Å². The zero-order valence-electron chi connectivity index (χ0n) is 10.6. The molecule has 100 valence electrons. The molecule has 1 unspecified atom stereocenters. The molecule has 18 heavy (non-hydrogen) atoms. The van der Waals surface area contributed by atoms with E-state index in [0.717, 1.165) is 0 Å². The number of carbonyl (C=O) groups excluding carboxylic acids is 3. The van der Waals surface area contributed by atoms with E-state index in [4.69, 9.17) is 9.47 Å². The van der Waals surface area contributed by atoms with Crippen molar-refractivity contribution in [3.05, 3.63) is 12.2 Å². The van der Waals surface area contributed by atoms with E-state index in [-0.39, 0.29) is 12.2 Å². The first kappa shape index (κ1) is 14.2. The average molecular weight is 256 g/mol. The van der Waals surface area contributed by atoms with Crippen LogP contribution in [0.2, 0.25) is 0 Å². The van der Waals surface area contributed by atoms with E-state index in [9.17, 15) is 14.4 Å². The van der Waals surface area contributed by atoms with Crippen LogP contribution in [-0.2, 0) is 28.6 Å². The first-order valence-electron chi connectivity index (χ1n) is 5.50. The maximum atomic E-state index is 11.8. The summed E-state index contributed by atoms with van der Waals surface area (Å²) in [6.07, 6.45) is -0.602. The van der Waals surface area contributed by atoms with Gasteiger partial charge < -0.3 is 14.2 Å². The summed E-state index contributed by atoms with van der Waals surface area (Å²) in [5.74, 6) is -2.06. The molecule has 1 saturated heterocycles. The molecule has 1 heterocycles. The van der Waals surface area contributed by atoms with Crippen molar-refractivity contribution in [2.24, 2.45) is 0 Å². The molecule has 0 bridgehead atoms. The van der Waals surface area contributed by atoms with Crippen molar-refractivity contribution in [1.82, 2.24) is 0 Å². The molecule has 0 spiro atoms. The second-order valence-electron chi connectivity index (χ2n) is 4.53. The average Bonchev–Trinajstić information content (AvgIpc) is 2.63. The molecule has 0 saturated carbocycles. The van der Waals surface area contributed by atoms with E-state index in [2.05, 4.69) is 11.3 Å². The van der Waals surface area contributed by atoms with Crippen LogP contribution in [-0.4, -0.2) is 36.2 Å². The molecule has 6 nitrogen and oxygen atoms in total. The molecule has 1 aliphatic heterocycles. The van der Waals surface area contributed by atoms with Crippen molar-refractivity contribution in [3.8, 4) is 0 Å². The third-order valence-electron chi connectivity index (χ3n) is 2.32. The third kappa shape index (κ3) is 3.32. The van der Waals surface area contributed by atoms with Gasteiger partial charge in [-0.2, -0.15) is 0 Å². The minimum absolute atomic E-state index is 0.177. The van der Waals surface area contributed by atoms with Crippen LogP contribution in [0.5, 0.6) is 0 Å². The first-order chi connectivity index (χ1) is 8.24. The first-order valence-corrected chi connectivity index (χ1v) is 5.50. The van der Waals surface area contributed by atoms with Gasteiger partial charge in [0.15, 0.2) is 0 Å². The summed E-state index contributed by atoms with van der Waals surface area (Å²) in [6, 6.07) is 0. The van der Waals surface area contributed by atoms with Crippen molar-refractivity contribution in [1.29, 1.82) is 0 Å². The third-order valence-corrected chi connectivity index (χ3v) is 2.32. The zero-order valence-corrected chi connectivity index (χ0v) is 10.6. The van der Waals surface area contributed by atoms with Crippen LogP contribution >= 0.6 is 0 Å². The largest absolute Gasteiger partial charge is 0.463 e. The van der Waals surface area contributed by atoms with E-state index >= 15 is 0 Å². The van der Waals surface area contributed by atoms with E-state index in [0.29, 0.717) is 6.42 Å². The molecule has 0 N–H and O–H groups in total. The Bertz CT molecular complexity index is 395. The predicted molar refractivity (Wildman–Crippen MR) is 60.4 cm³/mol. The minimum Gasteiger partial charge on any atom is -0.463 e. The molecule has 0 aliphatic carbocycles. The Hall–Kier alpha value is -1.85. The van der Waals surface area contributed by atoms with Gasteiger partial charge >= 0.3 is 17.9 Å². The Balaban J connectivity index is 2.61. The molecular formula is C12H16O6. The van der Waals surface area contributed by atoms with Crippen LogP contribution in [0.25, 0.3) is 0 Å². The van der Waals surface area contributed by atoms with Crippen molar-refractivity contribution in [3.63, 3.8) is 0 Å². The number of cyclic esters (lactones) is 1. The molecule has 1 rings (SSSR count). The maximum Gasteiger partial charge on any atom is 0.350 e. The second-order valence-corrected chi connectivity index (χ2v) is 4.53. The molecule has 1 atom stereocenters. The van der Waals surface area contributed by atoms with E-state index in [1.807, 2.05) is 0 Å². The highest BCUT2D eigenvalue weighted by atomic mass is 16.6. The van der Waals surface area contributed by atoms with Gasteiger partial charge in [0, 0.05) is 12.0 Å². The fourth-order valence-electron chi connectivity index (χ4n) is 1.22. The van der Waals surface area contributed by atoms with Crippen LogP contribution in [0.3, 0.4) is 0 Å². The summed E-state index contributed by atoms with van der Waals surface area (Å²) < 4.78 is 14.6. The lowest BCUT2D eigenvalue weighted by atomic mass is 10.1. The van der Waals surface area contributed by atoms with Gasteiger partial charge in [0.05, 0.1) is 6.61 Å². The summed E-state index contributed by atoms with van der Waals surface area (Å²) in [6.45, 7) is 7.88. The second kappa shape index (κ2) is 5.20. The van der Waals surface area contributed by atoms with Crippen molar-refractivity contribution >= 4 is 17.9 Å². The van der Waals surface area contributed by atoms with Crippen LogP contribution in [0.1, 0.15) is 27.2 Å². The van der Waals surface area contributed by atoms with E-state index in [1.54, 1.807) is 0 Å². The van der Waals surface area contributed by atoms with Crippen LogP contribution in [0, 0.1) is 0 Å². The number of carbonyl (C=O) groups is 3. The number of rotatable bonds is 4. The summed E-state index contributed by atoms with van der Waals surface area (Å²) in [4.78, 5) is 34.3. The lowest BCUT2D eigenvalue weighted by Crippen LogP contribution is -2.41. The summed E-state index contributed by atoms with van der Waals surface area (Å²) in [5, 5.41) is 0. The number of esters is 3. The number of ether oxygens (including phenoxy) is 3. The predicted octanol–water partition coefficient (Wildman–Crippen LogP) is 0.743. The molecule has 0 radical (unpaired) electrons. The molecule has 0 aromatic carbocycles. The molecule has 1 aliphatic rings. The number of hydrogen-bond acceptors (Lipinski definition) is 6. The van der Waals surface area contributed by atoms with Crippen LogP contribution in [0.4, 0.5) is 0 Å². The van der Waals surface area contributed by atoms with Gasteiger partial charge in [-0.1, -0.05) is 6.58 Å². The fraction of sp³-hybridized carbons (Fsp3) is 0.583. The molecule has 0 amide bonds. The van der Waals surface area contributed by atoms with Crippen LogP contribution < -0.4 is 0 Å². The molecule has 0 aromatic heterocycles. The Morgan fingerprint density at radius 2 is 2.06 bits per heavy atom. The van der Waals surface area contributed by atoms with Gasteiger partial charge in [0.1, 0.15) is 0 Å². The number of hydrogen-bond donors (Lipinski definition) is 0. The smallest absolute Gasteiger partial charge is 0.350 e. The highest BCUT2D eigenvalue weighted by Crippen LogP contribution is 2.18.